The molecule has 2 aromatic carbocycles. The summed E-state index contributed by atoms with van der Waals surface area (Å²) in [5, 5.41) is 28.6. The number of carbonyl (C=O) groups excluding carboxylic acids is 1. The lowest BCUT2D eigenvalue weighted by molar-refractivity contribution is -0.138. The number of rotatable bonds is 43. The third-order valence-corrected chi connectivity index (χ3v) is 12.4. The standard InChI is InChI=1S/C26H44N2O5S.C18H34O4.C8H12N2O2S/c29-25(27-22-21-23-17-19-24(20-18-23)28-34(32)33)15-13-11-9-7-5-3-1-2-4-6-8-10-12-14-16-26(30)31;19-17(20)15-13-11-9-7-5-3-1-2-4-6-8-10-12-14-16-18(21)22;9-6-5-7-1-3-8(4-2-7)10-13(11)12/h17-20,28H,1-16,21-22H2,(H,27,29)(H,30,31)(H,32,33);1-16H2,(H,19,20)(H,21,22);1-4,10H,5-6,9H2,(H,11,12)/p-2. The molecule has 0 aliphatic carbocycles. The first-order valence-corrected chi connectivity index (χ1v) is 28.0. The van der Waals surface area contributed by atoms with Crippen molar-refractivity contribution >= 4 is 57.7 Å². The molecule has 2 atom stereocenters. The minimum Gasteiger partial charge on any atom is -0.755 e. The van der Waals surface area contributed by atoms with Crippen molar-refractivity contribution in [2.45, 2.75) is 218 Å². The van der Waals surface area contributed by atoms with Crippen molar-refractivity contribution in [2.75, 3.05) is 22.5 Å². The summed E-state index contributed by atoms with van der Waals surface area (Å²) >= 11 is -4.57. The number of aliphatic carboxylic acids is 3. The van der Waals surface area contributed by atoms with E-state index in [1.54, 1.807) is 24.3 Å². The molecule has 0 spiro atoms. The van der Waals surface area contributed by atoms with Gasteiger partial charge in [0, 0.05) is 66.1 Å². The smallest absolute Gasteiger partial charge is 0.303 e. The second-order valence-electron chi connectivity index (χ2n) is 17.8. The predicted octanol–water partition coefficient (Wildman–Crippen LogP) is 11.7. The molecule has 396 valence electrons. The number of carboxylic acids is 3. The Balaban J connectivity index is 0.00000112. The molecule has 0 aliphatic rings. The van der Waals surface area contributed by atoms with E-state index >= 15 is 0 Å². The number of carbonyl (C=O) groups is 4. The fourth-order valence-corrected chi connectivity index (χ4v) is 8.29. The molecular weight excluding hydrogens is 921 g/mol. The van der Waals surface area contributed by atoms with Gasteiger partial charge in [-0.2, -0.15) is 0 Å². The zero-order chi connectivity index (χ0) is 51.0. The topological polar surface area (TPSA) is 271 Å². The van der Waals surface area contributed by atoms with Gasteiger partial charge >= 0.3 is 17.9 Å². The van der Waals surface area contributed by atoms with Crippen LogP contribution in [0.2, 0.25) is 0 Å². The quantitative estimate of drug-likeness (QED) is 0.0241. The fourth-order valence-electron chi connectivity index (χ4n) is 7.63. The van der Waals surface area contributed by atoms with Gasteiger partial charge in [0.1, 0.15) is 0 Å². The first-order chi connectivity index (χ1) is 33.3. The van der Waals surface area contributed by atoms with Crippen molar-refractivity contribution < 1.29 is 52.0 Å². The van der Waals surface area contributed by atoms with Crippen LogP contribution in [0.1, 0.15) is 217 Å². The van der Waals surface area contributed by atoms with Crippen LogP contribution in [0.25, 0.3) is 0 Å². The molecule has 0 bridgehead atoms. The normalized spacial score (nSPS) is 11.6. The predicted molar refractivity (Wildman–Crippen MR) is 278 cm³/mol. The molecule has 0 saturated carbocycles. The third kappa shape index (κ3) is 48.9. The second-order valence-corrected chi connectivity index (χ2v) is 19.1. The van der Waals surface area contributed by atoms with E-state index in [4.69, 9.17) is 21.1 Å². The number of amides is 1. The largest absolute Gasteiger partial charge is 0.755 e. The number of unbranched alkanes of at least 4 members (excludes halogenated alkanes) is 26. The summed E-state index contributed by atoms with van der Waals surface area (Å²) in [4.78, 5) is 43.1. The number of hydrogen-bond acceptors (Lipinski definition) is 9. The highest BCUT2D eigenvalue weighted by molar-refractivity contribution is 7.80. The molecule has 2 aromatic rings. The highest BCUT2D eigenvalue weighted by atomic mass is 32.2. The molecule has 2 unspecified atom stereocenters. The van der Waals surface area contributed by atoms with E-state index < -0.39 is 40.4 Å². The Bertz CT molecular complexity index is 1590. The average molecular weight is 1010 g/mol. The number of benzene rings is 2. The van der Waals surface area contributed by atoms with Gasteiger partial charge in [-0.3, -0.25) is 27.6 Å². The van der Waals surface area contributed by atoms with E-state index in [1.165, 1.54) is 122 Å². The number of nitrogens with one attached hydrogen (secondary N) is 3. The van der Waals surface area contributed by atoms with Gasteiger partial charge in [-0.05, 0) is 80.5 Å². The summed E-state index contributed by atoms with van der Waals surface area (Å²) in [6, 6.07) is 14.3. The molecule has 0 aliphatic heterocycles. The number of carboxylic acid groups (broad SMARTS) is 3. The molecule has 1 amide bonds. The first-order valence-electron chi connectivity index (χ1n) is 25.8. The Morgan fingerprint density at radius 2 is 0.652 bits per heavy atom. The maximum atomic E-state index is 12.0. The summed E-state index contributed by atoms with van der Waals surface area (Å²) in [7, 11) is 0. The lowest BCUT2D eigenvalue weighted by Gasteiger charge is -2.09. The van der Waals surface area contributed by atoms with E-state index in [-0.39, 0.29) is 5.91 Å². The molecule has 0 saturated heterocycles. The molecule has 17 heteroatoms. The number of nitrogens with two attached hydrogens (primary N) is 1. The second kappa shape index (κ2) is 47.8. The molecule has 15 nitrogen and oxygen atoms in total. The first kappa shape index (κ1) is 65.1. The lowest BCUT2D eigenvalue weighted by atomic mass is 10.0. The van der Waals surface area contributed by atoms with E-state index in [1.807, 2.05) is 24.3 Å². The van der Waals surface area contributed by atoms with Crippen LogP contribution in [0.3, 0.4) is 0 Å². The maximum absolute atomic E-state index is 12.0. The van der Waals surface area contributed by atoms with Crippen LogP contribution in [-0.2, 0) is 54.6 Å². The Kier molecular flexibility index (Phi) is 45.1. The van der Waals surface area contributed by atoms with Crippen molar-refractivity contribution in [1.82, 2.24) is 5.32 Å². The minimum absolute atomic E-state index is 0.0990. The van der Waals surface area contributed by atoms with Crippen LogP contribution < -0.4 is 20.5 Å². The van der Waals surface area contributed by atoms with Gasteiger partial charge in [-0.15, -0.1) is 0 Å². The molecule has 8 N–H and O–H groups in total. The fraction of sp³-hybridized carbons (Fsp3) is 0.692. The Hall–Kier alpha value is -3.90. The van der Waals surface area contributed by atoms with Crippen LogP contribution in [0.15, 0.2) is 48.5 Å². The van der Waals surface area contributed by atoms with E-state index in [0.29, 0.717) is 50.1 Å². The highest BCUT2D eigenvalue weighted by Gasteiger charge is 2.03. The molecule has 0 aromatic heterocycles. The Labute approximate surface area is 419 Å². The Morgan fingerprint density at radius 3 is 0.899 bits per heavy atom. The summed E-state index contributed by atoms with van der Waals surface area (Å²) in [6.07, 6.45) is 35.9. The third-order valence-electron chi connectivity index (χ3n) is 11.6. The van der Waals surface area contributed by atoms with Gasteiger partial charge < -0.3 is 44.9 Å². The van der Waals surface area contributed by atoms with Crippen molar-refractivity contribution in [3.05, 3.63) is 59.7 Å². The van der Waals surface area contributed by atoms with Crippen molar-refractivity contribution in [2.24, 2.45) is 5.73 Å². The van der Waals surface area contributed by atoms with E-state index in [0.717, 1.165) is 81.8 Å². The van der Waals surface area contributed by atoms with E-state index in [9.17, 15) is 36.7 Å². The van der Waals surface area contributed by atoms with Gasteiger partial charge in [0.05, 0.1) is 0 Å². The van der Waals surface area contributed by atoms with Crippen LogP contribution in [0.4, 0.5) is 11.4 Å². The SMILES string of the molecule is NCCc1ccc(NS(=O)[O-])cc1.O=C(O)CCCCCCCCCCCCCCCCC(=O)NCCc1ccc(NS(=O)[O-])cc1.O=C(O)CCCCCCCCCCCCCCCCC(=O)O. The van der Waals surface area contributed by atoms with Crippen molar-refractivity contribution in [1.29, 1.82) is 0 Å². The molecule has 0 fully saturated rings. The summed E-state index contributed by atoms with van der Waals surface area (Å²) in [5.74, 6) is -1.94. The zero-order valence-electron chi connectivity index (χ0n) is 41.6. The number of hydrogen-bond donors (Lipinski definition) is 7. The van der Waals surface area contributed by atoms with Gasteiger partial charge in [0.2, 0.25) is 5.91 Å². The maximum Gasteiger partial charge on any atom is 0.303 e. The van der Waals surface area contributed by atoms with Crippen molar-refractivity contribution in [3.63, 3.8) is 0 Å². The monoisotopic (exact) mass is 1010 g/mol. The van der Waals surface area contributed by atoms with Crippen LogP contribution in [0, 0.1) is 0 Å². The summed E-state index contributed by atoms with van der Waals surface area (Å²) in [6.45, 7) is 1.18. The molecule has 0 heterocycles. The average Bonchev–Trinajstić information content (AvgIpc) is 3.30. The molecule has 0 radical (unpaired) electrons. The van der Waals surface area contributed by atoms with Gasteiger partial charge in [0.15, 0.2) is 0 Å². The molecular formula is C52H88N4O11S2-2. The minimum atomic E-state index is -2.32. The van der Waals surface area contributed by atoms with Crippen LogP contribution in [-0.4, -0.2) is 69.7 Å². The zero-order valence-corrected chi connectivity index (χ0v) is 43.2. The summed E-state index contributed by atoms with van der Waals surface area (Å²) in [5.41, 5.74) is 8.61. The molecule has 2 rings (SSSR count). The number of anilines is 2. The highest BCUT2D eigenvalue weighted by Crippen LogP contribution is 2.16. The van der Waals surface area contributed by atoms with Crippen molar-refractivity contribution in [3.8, 4) is 0 Å². The Morgan fingerprint density at radius 1 is 0.406 bits per heavy atom. The van der Waals surface area contributed by atoms with Gasteiger partial charge in [-0.1, -0.05) is 178 Å². The van der Waals surface area contributed by atoms with Crippen LogP contribution in [0.5, 0.6) is 0 Å². The summed E-state index contributed by atoms with van der Waals surface area (Å²) < 4.78 is 46.2. The van der Waals surface area contributed by atoms with Crippen LogP contribution >= 0.6 is 0 Å². The van der Waals surface area contributed by atoms with Gasteiger partial charge in [-0.25, -0.2) is 0 Å². The molecule has 69 heavy (non-hydrogen) atoms. The lowest BCUT2D eigenvalue weighted by Crippen LogP contribution is -2.25. The van der Waals surface area contributed by atoms with Gasteiger partial charge in [0.25, 0.3) is 0 Å². The van der Waals surface area contributed by atoms with E-state index in [2.05, 4.69) is 14.8 Å².